The maximum atomic E-state index is 11.2. The fourth-order valence-electron chi connectivity index (χ4n) is 2.12. The van der Waals surface area contributed by atoms with Crippen molar-refractivity contribution in [2.75, 3.05) is 0 Å². The first-order valence-electron chi connectivity index (χ1n) is 5.49. The second kappa shape index (κ2) is 4.47. The molecule has 2 rings (SSSR count). The number of hydrogen-bond acceptors (Lipinski definition) is 5. The Morgan fingerprint density at radius 3 is 2.78 bits per heavy atom. The number of fused-ring (bicyclic) bond motifs is 1. The highest BCUT2D eigenvalue weighted by Gasteiger charge is 2.49. The van der Waals surface area contributed by atoms with Gasteiger partial charge in [-0.15, -0.1) is 11.3 Å². The van der Waals surface area contributed by atoms with Gasteiger partial charge in [0.15, 0.2) is 5.60 Å². The molecule has 1 aromatic rings. The number of thiophene rings is 1. The third-order valence-corrected chi connectivity index (χ3v) is 4.22. The van der Waals surface area contributed by atoms with Crippen LogP contribution in [0.4, 0.5) is 0 Å². The van der Waals surface area contributed by atoms with E-state index in [4.69, 9.17) is 5.11 Å². The van der Waals surface area contributed by atoms with Gasteiger partial charge in [-0.3, -0.25) is 0 Å². The van der Waals surface area contributed by atoms with Crippen LogP contribution in [0.2, 0.25) is 0 Å². The fourth-order valence-corrected chi connectivity index (χ4v) is 3.37. The molecule has 5 nitrogen and oxygen atoms in total. The number of carboxylic acid groups (broad SMARTS) is 1. The van der Waals surface area contributed by atoms with E-state index in [1.807, 2.05) is 6.92 Å². The highest BCUT2D eigenvalue weighted by molar-refractivity contribution is 7.13. The number of aliphatic hydroxyl groups excluding tert-OH is 2. The predicted octanol–water partition coefficient (Wildman–Crippen LogP) is 0.851. The molecule has 4 N–H and O–H groups in total. The van der Waals surface area contributed by atoms with E-state index in [0.717, 1.165) is 4.88 Å². The number of allylic oxidation sites excluding steroid dienone is 1. The molecule has 1 aromatic heterocycles. The topological polar surface area (TPSA) is 98.0 Å². The van der Waals surface area contributed by atoms with Crippen molar-refractivity contribution in [3.63, 3.8) is 0 Å². The Morgan fingerprint density at radius 1 is 1.56 bits per heavy atom. The highest BCUT2D eigenvalue weighted by Crippen LogP contribution is 2.45. The summed E-state index contributed by atoms with van der Waals surface area (Å²) < 4.78 is 0. The van der Waals surface area contributed by atoms with Crippen LogP contribution in [0.1, 0.15) is 34.8 Å². The molecule has 0 aromatic carbocycles. The summed E-state index contributed by atoms with van der Waals surface area (Å²) in [7, 11) is 0. The van der Waals surface area contributed by atoms with Crippen LogP contribution in [-0.2, 0) is 10.4 Å². The van der Waals surface area contributed by atoms with Gasteiger partial charge in [0.05, 0.1) is 6.10 Å². The number of carbonyl (C=O) groups is 1. The van der Waals surface area contributed by atoms with E-state index in [-0.39, 0.29) is 5.56 Å². The lowest BCUT2D eigenvalue weighted by atomic mass is 9.80. The van der Waals surface area contributed by atoms with E-state index in [0.29, 0.717) is 4.88 Å². The fraction of sp³-hybridized carbons (Fsp3) is 0.417. The minimum absolute atomic E-state index is 0.172. The van der Waals surface area contributed by atoms with Crippen molar-refractivity contribution >= 4 is 23.4 Å². The van der Waals surface area contributed by atoms with E-state index >= 15 is 0 Å². The maximum Gasteiger partial charge on any atom is 0.340 e. The van der Waals surface area contributed by atoms with E-state index in [1.165, 1.54) is 11.3 Å². The summed E-state index contributed by atoms with van der Waals surface area (Å²) in [6, 6.07) is 1.54. The van der Waals surface area contributed by atoms with Gasteiger partial charge in [-0.2, -0.15) is 0 Å². The summed E-state index contributed by atoms with van der Waals surface area (Å²) >= 11 is 1.17. The van der Waals surface area contributed by atoms with Gasteiger partial charge in [0.25, 0.3) is 0 Å². The number of aliphatic hydroxyl groups is 3. The molecule has 0 unspecified atom stereocenters. The summed E-state index contributed by atoms with van der Waals surface area (Å²) in [5.41, 5.74) is -1.96. The maximum absolute atomic E-state index is 11.2. The second-order valence-corrected chi connectivity index (χ2v) is 5.42. The van der Waals surface area contributed by atoms with E-state index in [9.17, 15) is 20.1 Å². The van der Waals surface area contributed by atoms with Crippen LogP contribution in [0.15, 0.2) is 12.1 Å². The predicted molar refractivity (Wildman–Crippen MR) is 66.1 cm³/mol. The molecule has 3 atom stereocenters. The zero-order valence-electron chi connectivity index (χ0n) is 9.70. The highest BCUT2D eigenvalue weighted by atomic mass is 32.1. The van der Waals surface area contributed by atoms with Gasteiger partial charge >= 0.3 is 5.97 Å². The second-order valence-electron chi connectivity index (χ2n) is 4.31. The van der Waals surface area contributed by atoms with Gasteiger partial charge in [-0.25, -0.2) is 4.79 Å². The lowest BCUT2D eigenvalue weighted by molar-refractivity contribution is -0.168. The van der Waals surface area contributed by atoms with Gasteiger partial charge in [0, 0.05) is 21.7 Å². The summed E-state index contributed by atoms with van der Waals surface area (Å²) in [5, 5.41) is 38.8. The Morgan fingerprint density at radius 2 is 2.22 bits per heavy atom. The summed E-state index contributed by atoms with van der Waals surface area (Å²) in [6.45, 7) is 1.81. The van der Waals surface area contributed by atoms with Crippen LogP contribution in [0.25, 0.3) is 6.08 Å². The molecule has 6 heteroatoms. The van der Waals surface area contributed by atoms with Crippen molar-refractivity contribution in [2.45, 2.75) is 31.2 Å². The molecular formula is C12H14O5S. The average molecular weight is 270 g/mol. The molecule has 1 aliphatic rings. The smallest absolute Gasteiger partial charge is 0.340 e. The molecule has 0 amide bonds. The van der Waals surface area contributed by atoms with E-state index in [1.54, 1.807) is 18.2 Å². The third-order valence-electron chi connectivity index (χ3n) is 3.05. The Balaban J connectivity index is 2.59. The first-order chi connectivity index (χ1) is 8.40. The van der Waals surface area contributed by atoms with Crippen molar-refractivity contribution < 1.29 is 25.2 Å². The molecular weight excluding hydrogens is 256 g/mol. The SMILES string of the molecule is C/C=C/c1cc2c(s1)[C@@H](O)[C@H](O)C[C@@]2(O)C(=O)O. The zero-order valence-corrected chi connectivity index (χ0v) is 10.5. The Bertz CT molecular complexity index is 507. The van der Waals surface area contributed by atoms with E-state index < -0.39 is 30.2 Å². The van der Waals surface area contributed by atoms with Gasteiger partial charge in [-0.05, 0) is 19.1 Å². The molecule has 98 valence electrons. The minimum atomic E-state index is -2.13. The molecule has 0 spiro atoms. The quantitative estimate of drug-likeness (QED) is 0.638. The van der Waals surface area contributed by atoms with Crippen LogP contribution >= 0.6 is 11.3 Å². The molecule has 0 saturated heterocycles. The van der Waals surface area contributed by atoms with Crippen LogP contribution in [0.3, 0.4) is 0 Å². The van der Waals surface area contributed by atoms with Crippen LogP contribution in [-0.4, -0.2) is 32.5 Å². The molecule has 0 saturated carbocycles. The van der Waals surface area contributed by atoms with Crippen LogP contribution in [0, 0.1) is 0 Å². The van der Waals surface area contributed by atoms with Crippen molar-refractivity contribution in [1.29, 1.82) is 0 Å². The van der Waals surface area contributed by atoms with Crippen LogP contribution in [0.5, 0.6) is 0 Å². The van der Waals surface area contributed by atoms with Gasteiger partial charge < -0.3 is 20.4 Å². The van der Waals surface area contributed by atoms with Gasteiger partial charge in [-0.1, -0.05) is 6.08 Å². The number of carboxylic acids is 1. The summed E-state index contributed by atoms with van der Waals surface area (Å²) in [4.78, 5) is 12.2. The zero-order chi connectivity index (χ0) is 13.5. The molecule has 1 aliphatic carbocycles. The molecule has 0 aliphatic heterocycles. The Hall–Kier alpha value is -1.21. The molecule has 18 heavy (non-hydrogen) atoms. The van der Waals surface area contributed by atoms with Gasteiger partial charge in [0.1, 0.15) is 6.10 Å². The number of aliphatic carboxylic acids is 1. The van der Waals surface area contributed by atoms with Crippen LogP contribution < -0.4 is 0 Å². The number of hydrogen-bond donors (Lipinski definition) is 4. The monoisotopic (exact) mass is 270 g/mol. The van der Waals surface area contributed by atoms with Crippen molar-refractivity contribution in [3.8, 4) is 0 Å². The lowest BCUT2D eigenvalue weighted by Crippen LogP contribution is -2.44. The van der Waals surface area contributed by atoms with E-state index in [2.05, 4.69) is 0 Å². The largest absolute Gasteiger partial charge is 0.479 e. The first kappa shape index (κ1) is 13.2. The van der Waals surface area contributed by atoms with Gasteiger partial charge in [0.2, 0.25) is 0 Å². The minimum Gasteiger partial charge on any atom is -0.479 e. The molecule has 1 heterocycles. The normalized spacial score (nSPS) is 31.6. The molecule has 0 fully saturated rings. The lowest BCUT2D eigenvalue weighted by Gasteiger charge is -2.34. The first-order valence-corrected chi connectivity index (χ1v) is 6.30. The standard InChI is InChI=1S/C12H14O5S/c1-2-3-6-4-7-10(18-6)9(14)8(13)5-12(7,17)11(15)16/h2-4,8-9,13-14,17H,5H2,1H3,(H,15,16)/b3-2+/t8-,9+,12+/m1/s1. The Kier molecular flexibility index (Phi) is 3.29. The van der Waals surface area contributed by atoms with Crippen molar-refractivity contribution in [3.05, 3.63) is 27.5 Å². The van der Waals surface area contributed by atoms with Crippen molar-refractivity contribution in [2.24, 2.45) is 0 Å². The summed E-state index contributed by atoms with van der Waals surface area (Å²) in [5.74, 6) is -1.42. The van der Waals surface area contributed by atoms with Crippen molar-refractivity contribution in [1.82, 2.24) is 0 Å². The molecule has 0 radical (unpaired) electrons. The number of rotatable bonds is 2. The Labute approximate surface area is 108 Å². The third kappa shape index (κ3) is 1.87. The molecule has 0 bridgehead atoms. The average Bonchev–Trinajstić information content (AvgIpc) is 2.71. The summed E-state index contributed by atoms with van der Waals surface area (Å²) in [6.07, 6.45) is 0.687.